The lowest BCUT2D eigenvalue weighted by Crippen LogP contribution is -2.59. The van der Waals surface area contributed by atoms with Gasteiger partial charge in [-0.25, -0.2) is 4.39 Å². The Labute approximate surface area is 223 Å². The molecule has 1 spiro atoms. The Bertz CT molecular complexity index is 1300. The third-order valence-corrected chi connectivity index (χ3v) is 10.0. The monoisotopic (exact) mass is 542 g/mol. The first-order valence-electron chi connectivity index (χ1n) is 13.3. The van der Waals surface area contributed by atoms with Gasteiger partial charge in [0.25, 0.3) is 0 Å². The van der Waals surface area contributed by atoms with Crippen LogP contribution in [0.5, 0.6) is 6.01 Å². The van der Waals surface area contributed by atoms with E-state index in [0.29, 0.717) is 61.7 Å². The van der Waals surface area contributed by atoms with Crippen LogP contribution in [0.1, 0.15) is 41.7 Å². The first-order valence-corrected chi connectivity index (χ1v) is 14.1. The van der Waals surface area contributed by atoms with Crippen molar-refractivity contribution in [2.24, 2.45) is 0 Å². The van der Waals surface area contributed by atoms with Crippen LogP contribution in [0.4, 0.5) is 21.3 Å². The number of aromatic nitrogens is 3. The number of rotatable bonds is 6. The molecule has 2 aromatic heterocycles. The fourth-order valence-corrected chi connectivity index (χ4v) is 8.22. The zero-order valence-corrected chi connectivity index (χ0v) is 21.8. The van der Waals surface area contributed by atoms with Gasteiger partial charge in [-0.05, 0) is 37.8 Å². The van der Waals surface area contributed by atoms with Crippen LogP contribution in [0, 0.1) is 11.3 Å². The summed E-state index contributed by atoms with van der Waals surface area (Å²) < 4.78 is 25.8. The molecule has 7 rings (SSSR count). The Morgan fingerprint density at radius 2 is 2.16 bits per heavy atom. The fraction of sp³-hybridized carbons (Fsp3) is 0.680. The summed E-state index contributed by atoms with van der Waals surface area (Å²) in [5, 5.41) is 23.7. The summed E-state index contributed by atoms with van der Waals surface area (Å²) in [5.74, 6) is 0.780. The lowest BCUT2D eigenvalue weighted by Gasteiger charge is -2.48. The van der Waals surface area contributed by atoms with Crippen LogP contribution in [0.2, 0.25) is 0 Å². The number of nitriles is 1. The maximum Gasteiger partial charge on any atom is 0.323 e. The van der Waals surface area contributed by atoms with E-state index in [1.54, 1.807) is 0 Å². The Kier molecular flexibility index (Phi) is 5.67. The number of aryl methyl sites for hydroxylation is 1. The molecule has 38 heavy (non-hydrogen) atoms. The van der Waals surface area contributed by atoms with Gasteiger partial charge in [-0.15, -0.1) is 11.3 Å². The molecule has 4 saturated heterocycles. The molecule has 6 heterocycles. The van der Waals surface area contributed by atoms with E-state index in [1.807, 2.05) is 0 Å². The van der Waals surface area contributed by atoms with Gasteiger partial charge in [0, 0.05) is 36.3 Å². The van der Waals surface area contributed by atoms with Crippen LogP contribution >= 0.6 is 11.3 Å². The van der Waals surface area contributed by atoms with Gasteiger partial charge in [-0.3, -0.25) is 4.90 Å². The average molecular weight is 543 g/mol. The number of ether oxygens (including phenoxy) is 2. The number of nitrogen functional groups attached to an aromatic ring is 1. The van der Waals surface area contributed by atoms with Crippen molar-refractivity contribution in [3.8, 4) is 12.1 Å². The molecule has 4 atom stereocenters. The molecule has 4 N–H and O–H groups in total. The van der Waals surface area contributed by atoms with Gasteiger partial charge in [0.2, 0.25) is 11.9 Å². The third kappa shape index (κ3) is 3.80. The predicted molar refractivity (Wildman–Crippen MR) is 138 cm³/mol. The topological polar surface area (TPSA) is 146 Å². The number of hydrogen-bond donors (Lipinski definition) is 3. The molecule has 1 aliphatic carbocycles. The highest BCUT2D eigenvalue weighted by atomic mass is 32.1. The van der Waals surface area contributed by atoms with Crippen LogP contribution in [0.15, 0.2) is 0 Å². The second-order valence-corrected chi connectivity index (χ2v) is 12.5. The molecule has 0 saturated carbocycles. The molecule has 0 bridgehead atoms. The Morgan fingerprint density at radius 3 is 2.95 bits per heavy atom. The standard InChI is InChI=1S/C25H31FN8O3S/c26-14-6-25(3-1-5-34(25)8-14)13-37-23-31-21(29-16-9-36-10-17(16)35)30-22(32-23)33-11-24(12-33)4-2-18-19(24)15(7-27)20(28)38-18/h14,16-17,35H,1-6,8-13,28H2,(H,29,30,31,32)/t14-,16-,17+,25+/m1/s1. The fourth-order valence-electron chi connectivity index (χ4n) is 7.08. The van der Waals surface area contributed by atoms with E-state index in [1.165, 1.54) is 16.2 Å². The minimum Gasteiger partial charge on any atom is -0.461 e. The molecule has 5 aliphatic rings. The SMILES string of the molecule is N#Cc1c(N)sc2c1C1(CC2)CN(c2nc(N[C@@H]3COC[C@@H]3O)nc(OC[C@@]34CCCN3C[C@H](F)C4)n2)C1. The van der Waals surface area contributed by atoms with Crippen LogP contribution in [-0.2, 0) is 16.6 Å². The summed E-state index contributed by atoms with van der Waals surface area (Å²) in [6.45, 7) is 3.60. The zero-order chi connectivity index (χ0) is 26.1. The van der Waals surface area contributed by atoms with Gasteiger partial charge in [0.05, 0.1) is 36.5 Å². The van der Waals surface area contributed by atoms with Crippen molar-refractivity contribution < 1.29 is 19.0 Å². The molecule has 202 valence electrons. The van der Waals surface area contributed by atoms with E-state index in [9.17, 15) is 14.8 Å². The number of hydrogen-bond acceptors (Lipinski definition) is 12. The Hall–Kier alpha value is -2.79. The minimum absolute atomic E-state index is 0.130. The molecular formula is C25H31FN8O3S. The second-order valence-electron chi connectivity index (χ2n) is 11.3. The maximum atomic E-state index is 14.3. The van der Waals surface area contributed by atoms with E-state index in [4.69, 9.17) is 15.2 Å². The van der Waals surface area contributed by atoms with Crippen molar-refractivity contribution in [3.05, 3.63) is 16.0 Å². The van der Waals surface area contributed by atoms with Crippen LogP contribution < -0.4 is 20.7 Å². The molecule has 0 radical (unpaired) electrons. The molecule has 0 aromatic carbocycles. The van der Waals surface area contributed by atoms with Gasteiger partial charge >= 0.3 is 6.01 Å². The normalized spacial score (nSPS) is 31.3. The van der Waals surface area contributed by atoms with E-state index >= 15 is 0 Å². The zero-order valence-electron chi connectivity index (χ0n) is 21.0. The van der Waals surface area contributed by atoms with Crippen molar-refractivity contribution in [3.63, 3.8) is 0 Å². The highest BCUT2D eigenvalue weighted by Crippen LogP contribution is 2.52. The molecule has 0 unspecified atom stereocenters. The van der Waals surface area contributed by atoms with E-state index in [0.717, 1.165) is 37.8 Å². The van der Waals surface area contributed by atoms with Gasteiger partial charge in [-0.2, -0.15) is 20.2 Å². The number of nitrogens with one attached hydrogen (secondary N) is 1. The van der Waals surface area contributed by atoms with E-state index in [2.05, 4.69) is 36.1 Å². The summed E-state index contributed by atoms with van der Waals surface area (Å²) in [4.78, 5) is 19.3. The van der Waals surface area contributed by atoms with Crippen LogP contribution in [0.25, 0.3) is 0 Å². The molecule has 4 fully saturated rings. The largest absolute Gasteiger partial charge is 0.461 e. The number of anilines is 3. The number of nitrogens with zero attached hydrogens (tertiary/aromatic N) is 6. The van der Waals surface area contributed by atoms with Gasteiger partial charge < -0.3 is 30.5 Å². The summed E-state index contributed by atoms with van der Waals surface area (Å²) in [7, 11) is 0. The smallest absolute Gasteiger partial charge is 0.323 e. The molecule has 2 aromatic rings. The van der Waals surface area contributed by atoms with Gasteiger partial charge in [0.15, 0.2) is 0 Å². The van der Waals surface area contributed by atoms with Crippen LogP contribution in [0.3, 0.4) is 0 Å². The molecule has 4 aliphatic heterocycles. The van der Waals surface area contributed by atoms with Crippen molar-refractivity contribution >= 4 is 28.2 Å². The second kappa shape index (κ2) is 8.87. The molecular weight excluding hydrogens is 511 g/mol. The van der Waals surface area contributed by atoms with Crippen molar-refractivity contribution in [2.45, 2.75) is 61.4 Å². The summed E-state index contributed by atoms with van der Waals surface area (Å²) >= 11 is 1.52. The first kappa shape index (κ1) is 24.3. The lowest BCUT2D eigenvalue weighted by atomic mass is 9.74. The number of nitrogens with two attached hydrogens (primary N) is 1. The van der Waals surface area contributed by atoms with Crippen molar-refractivity contribution in [1.82, 2.24) is 19.9 Å². The van der Waals surface area contributed by atoms with Crippen molar-refractivity contribution in [1.29, 1.82) is 5.26 Å². The summed E-state index contributed by atoms with van der Waals surface area (Å²) in [6, 6.07) is 2.15. The Morgan fingerprint density at radius 1 is 1.29 bits per heavy atom. The first-order chi connectivity index (χ1) is 18.4. The number of aliphatic hydroxyl groups excluding tert-OH is 1. The number of thiophene rings is 1. The average Bonchev–Trinajstić information content (AvgIpc) is 3.65. The van der Waals surface area contributed by atoms with Crippen molar-refractivity contribution in [2.75, 3.05) is 62.0 Å². The third-order valence-electron chi connectivity index (χ3n) is 8.95. The number of alkyl halides is 1. The van der Waals surface area contributed by atoms with E-state index in [-0.39, 0.29) is 29.6 Å². The maximum absolute atomic E-state index is 14.3. The minimum atomic E-state index is -0.841. The quantitative estimate of drug-likeness (QED) is 0.484. The molecule has 0 amide bonds. The lowest BCUT2D eigenvalue weighted by molar-refractivity contribution is 0.107. The van der Waals surface area contributed by atoms with Gasteiger partial charge in [0.1, 0.15) is 23.8 Å². The Balaban J connectivity index is 1.14. The van der Waals surface area contributed by atoms with Gasteiger partial charge in [-0.1, -0.05) is 0 Å². The molecule has 11 nitrogen and oxygen atoms in total. The summed E-state index contributed by atoms with van der Waals surface area (Å²) in [6.07, 6.45) is 2.77. The summed E-state index contributed by atoms with van der Waals surface area (Å²) in [5.41, 5.74) is 7.39. The number of halogens is 1. The van der Waals surface area contributed by atoms with E-state index < -0.39 is 12.3 Å². The molecule has 13 heteroatoms. The predicted octanol–water partition coefficient (Wildman–Crippen LogP) is 1.22. The highest BCUT2D eigenvalue weighted by molar-refractivity contribution is 7.16. The highest BCUT2D eigenvalue weighted by Gasteiger charge is 2.52. The number of fused-ring (bicyclic) bond motifs is 3. The van der Waals surface area contributed by atoms with Crippen LogP contribution in [-0.4, -0.2) is 94.8 Å². The number of aliphatic hydroxyl groups is 1.